The van der Waals surface area contributed by atoms with Crippen molar-refractivity contribution in [3.63, 3.8) is 0 Å². The molecule has 0 bridgehead atoms. The summed E-state index contributed by atoms with van der Waals surface area (Å²) < 4.78 is 63.5. The van der Waals surface area contributed by atoms with Gasteiger partial charge in [-0.15, -0.1) is 4.57 Å². The first kappa shape index (κ1) is 38.9. The highest BCUT2D eigenvalue weighted by molar-refractivity contribution is 6.03. The van der Waals surface area contributed by atoms with Gasteiger partial charge in [0, 0.05) is 48.3 Å². The van der Waals surface area contributed by atoms with Crippen LogP contribution in [0.4, 0.5) is 17.1 Å². The van der Waals surface area contributed by atoms with E-state index in [2.05, 4.69) is 216 Å². The van der Waals surface area contributed by atoms with Crippen LogP contribution in [0.1, 0.15) is 116 Å². The Morgan fingerprint density at radius 1 is 0.507 bits per heavy atom. The van der Waals surface area contributed by atoms with Crippen LogP contribution in [0, 0.1) is 13.7 Å². The second kappa shape index (κ2) is 15.7. The van der Waals surface area contributed by atoms with E-state index in [1.165, 1.54) is 0 Å². The largest absolute Gasteiger partial charge is 0.432 e. The van der Waals surface area contributed by atoms with Gasteiger partial charge in [0.15, 0.2) is 6.20 Å². The molecular weight excluding hydrogens is 887 g/mol. The van der Waals surface area contributed by atoms with E-state index in [1.807, 2.05) is 30.3 Å². The fourth-order valence-electron chi connectivity index (χ4n) is 12.3. The van der Waals surface area contributed by atoms with Crippen molar-refractivity contribution in [3.05, 3.63) is 221 Å². The zero-order valence-corrected chi connectivity index (χ0v) is 43.1. The minimum atomic E-state index is -2.54. The molecule has 0 amide bonds. The number of hydrogen-bond donors (Lipinski definition) is 0. The van der Waals surface area contributed by atoms with Gasteiger partial charge >= 0.3 is 5.85 Å². The fourth-order valence-corrected chi connectivity index (χ4v) is 12.3. The zero-order chi connectivity index (χ0) is 55.5. The number of hydrogen-bond acceptors (Lipinski definition) is 3. The summed E-state index contributed by atoms with van der Waals surface area (Å²) in [7, 11) is 0. The summed E-state index contributed by atoms with van der Waals surface area (Å²) in [5.41, 5.74) is 19.3. The summed E-state index contributed by atoms with van der Waals surface area (Å²) in [4.78, 5) is 4.76. The Morgan fingerprint density at radius 3 is 1.88 bits per heavy atom. The Morgan fingerprint density at radius 2 is 1.18 bits per heavy atom. The van der Waals surface area contributed by atoms with Crippen LogP contribution in [0.2, 0.25) is 0 Å². The average Bonchev–Trinajstić information content (AvgIpc) is 1.88. The van der Waals surface area contributed by atoms with Crippen molar-refractivity contribution in [1.82, 2.24) is 0 Å². The van der Waals surface area contributed by atoms with Gasteiger partial charge in [0.2, 0.25) is 5.69 Å². The van der Waals surface area contributed by atoms with Crippen molar-refractivity contribution in [1.29, 1.82) is 0 Å². The standard InChI is InChI=1S/C69H64N3O/c1-42-28-30-45(31-29-42)47-34-35-70-60(39-47)54-38-49(44-20-14-12-15-21-44)37-53-52-25-19-27-59-63(52)72-65(55-40-50(66(3,4)5)41-57(68(9,10)11)64(55)73-69(70,72)62(53)54)71(59)58-33-32-48(36-43(58)2)61-51(46-22-16-13-17-23-46)24-18-26-56(61)67(6,7)8/h12-41,65H,1-11H3/q+1/i1D3,2D3. The van der Waals surface area contributed by atoms with E-state index in [0.717, 1.165) is 112 Å². The Balaban J connectivity index is 1.13. The lowest BCUT2D eigenvalue weighted by atomic mass is 9.77. The molecule has 73 heavy (non-hydrogen) atoms. The third kappa shape index (κ3) is 6.68. The molecule has 1 aromatic heterocycles. The molecule has 4 aliphatic rings. The van der Waals surface area contributed by atoms with E-state index >= 15 is 0 Å². The Hall–Kier alpha value is -7.69. The molecule has 0 radical (unpaired) electrons. The predicted molar refractivity (Wildman–Crippen MR) is 303 cm³/mol. The van der Waals surface area contributed by atoms with Crippen molar-refractivity contribution in [3.8, 4) is 72.6 Å². The highest BCUT2D eigenvalue weighted by Crippen LogP contribution is 2.68. The van der Waals surface area contributed by atoms with Crippen molar-refractivity contribution >= 4 is 17.1 Å². The number of ether oxygens (including phenoxy) is 1. The van der Waals surface area contributed by atoms with Crippen LogP contribution in [0.5, 0.6) is 5.75 Å². The molecule has 0 saturated heterocycles. The molecule has 4 heteroatoms. The maximum atomic E-state index is 9.58. The molecule has 0 aliphatic carbocycles. The van der Waals surface area contributed by atoms with Gasteiger partial charge < -0.3 is 9.64 Å². The Kier molecular flexibility index (Phi) is 8.35. The third-order valence-corrected chi connectivity index (χ3v) is 15.8. The maximum Gasteiger partial charge on any atom is 0.432 e. The molecule has 0 saturated carbocycles. The molecule has 2 atom stereocenters. The van der Waals surface area contributed by atoms with Gasteiger partial charge in [-0.25, -0.2) is 4.90 Å². The van der Waals surface area contributed by atoms with Crippen molar-refractivity contribution < 1.29 is 17.5 Å². The van der Waals surface area contributed by atoms with Gasteiger partial charge in [-0.3, -0.25) is 0 Å². The second-order valence-corrected chi connectivity index (χ2v) is 23.6. The number of anilines is 3. The molecule has 2 unspecified atom stereocenters. The van der Waals surface area contributed by atoms with Gasteiger partial charge in [0.1, 0.15) is 17.5 Å². The van der Waals surface area contributed by atoms with E-state index in [1.54, 1.807) is 12.1 Å². The number of pyridine rings is 1. The monoisotopic (exact) mass is 957 g/mol. The number of aryl methyl sites for hydroxylation is 2. The lowest BCUT2D eigenvalue weighted by Crippen LogP contribution is -2.71. The van der Waals surface area contributed by atoms with Crippen LogP contribution in [0.3, 0.4) is 0 Å². The quantitative estimate of drug-likeness (QED) is 0.160. The number of fused-ring (bicyclic) bond motifs is 5. The Bertz CT molecular complexity index is 3970. The van der Waals surface area contributed by atoms with E-state index in [-0.39, 0.29) is 21.8 Å². The molecule has 4 nitrogen and oxygen atoms in total. The number of benzene rings is 8. The molecule has 0 N–H and O–H groups in total. The number of rotatable bonds is 5. The SMILES string of the molecule is [2H]C([2H])([2H])c1ccc(-c2cc[n+]3c(c2)-c2cc(-c4ccccc4)cc4c2C32Oc3c(cc(C(C)(C)C)cc3C(C)(C)C)C3N(c5ccc(-c6c(-c7ccccc7)cccc6C(C)(C)C)cc5C([2H])([2H])[2H])c5cccc-4c5N32)cc1. The summed E-state index contributed by atoms with van der Waals surface area (Å²) in [5.74, 6) is -0.538. The van der Waals surface area contributed by atoms with Gasteiger partial charge in [0.25, 0.3) is 0 Å². The van der Waals surface area contributed by atoms with E-state index in [4.69, 9.17) is 8.85 Å². The highest BCUT2D eigenvalue weighted by Gasteiger charge is 2.70. The molecule has 1 spiro atoms. The average molecular weight is 957 g/mol. The molecule has 0 fully saturated rings. The maximum absolute atomic E-state index is 9.58. The van der Waals surface area contributed by atoms with Crippen molar-refractivity contribution in [2.75, 3.05) is 9.80 Å². The summed E-state index contributed by atoms with van der Waals surface area (Å²) >= 11 is 0. The van der Waals surface area contributed by atoms with Gasteiger partial charge in [-0.1, -0.05) is 195 Å². The summed E-state index contributed by atoms with van der Waals surface area (Å²) in [6.45, 7) is 15.4. The molecule has 5 heterocycles. The summed E-state index contributed by atoms with van der Waals surface area (Å²) in [6, 6.07) is 60.7. The first-order valence-electron chi connectivity index (χ1n) is 28.7. The van der Waals surface area contributed by atoms with E-state index < -0.39 is 25.7 Å². The molecule has 13 rings (SSSR count). The number of nitrogens with zero attached hydrogens (tertiary/aromatic N) is 3. The van der Waals surface area contributed by atoms with Crippen LogP contribution < -0.4 is 19.1 Å². The van der Waals surface area contributed by atoms with Crippen molar-refractivity contribution in [2.45, 2.75) is 104 Å². The Labute approximate surface area is 440 Å². The first-order valence-corrected chi connectivity index (χ1v) is 25.7. The highest BCUT2D eigenvalue weighted by atomic mass is 16.5. The van der Waals surface area contributed by atoms with Crippen molar-refractivity contribution in [2.24, 2.45) is 0 Å². The van der Waals surface area contributed by atoms with Gasteiger partial charge in [-0.2, -0.15) is 0 Å². The minimum Gasteiger partial charge on any atom is -0.410 e. The fraction of sp³-hybridized carbons (Fsp3) is 0.232. The smallest absolute Gasteiger partial charge is 0.410 e. The van der Waals surface area contributed by atoms with Crippen LogP contribution >= 0.6 is 0 Å². The number of aromatic nitrogens is 1. The van der Waals surface area contributed by atoms with E-state index in [0.29, 0.717) is 11.3 Å². The second-order valence-electron chi connectivity index (χ2n) is 23.6. The molecule has 360 valence electrons. The van der Waals surface area contributed by atoms with Gasteiger partial charge in [-0.05, 0) is 128 Å². The van der Waals surface area contributed by atoms with E-state index in [9.17, 15) is 4.11 Å². The predicted octanol–water partition coefficient (Wildman–Crippen LogP) is 17.5. The molecular formula is C69H64N3O+. The van der Waals surface area contributed by atoms with Crippen LogP contribution in [-0.4, -0.2) is 0 Å². The molecule has 4 aliphatic heterocycles. The number of para-hydroxylation sites is 1. The van der Waals surface area contributed by atoms with Gasteiger partial charge in [0.05, 0.1) is 16.9 Å². The normalized spacial score (nSPS) is 18.5. The van der Waals surface area contributed by atoms with Crippen LogP contribution in [0.25, 0.3) is 66.9 Å². The molecule has 9 aromatic rings. The minimum absolute atomic E-state index is 0.254. The summed E-state index contributed by atoms with van der Waals surface area (Å²) in [5, 5.41) is 0. The zero-order valence-electron chi connectivity index (χ0n) is 49.1. The lowest BCUT2D eigenvalue weighted by Gasteiger charge is -2.49. The lowest BCUT2D eigenvalue weighted by molar-refractivity contribution is -0.774. The summed E-state index contributed by atoms with van der Waals surface area (Å²) in [6.07, 6.45) is 1.53. The molecule has 8 aromatic carbocycles. The third-order valence-electron chi connectivity index (χ3n) is 15.8. The van der Waals surface area contributed by atoms with Crippen LogP contribution in [-0.2, 0) is 22.1 Å². The topological polar surface area (TPSA) is 19.6 Å². The van der Waals surface area contributed by atoms with Crippen LogP contribution in [0.15, 0.2) is 182 Å². The first-order chi connectivity index (χ1) is 37.3.